The Hall–Kier alpha value is -1.51. The zero-order valence-corrected chi connectivity index (χ0v) is 12.5. The number of carbonyl (C=O) groups excluding carboxylic acids is 1. The third kappa shape index (κ3) is 5.33. The zero-order chi connectivity index (χ0) is 14.3. The summed E-state index contributed by atoms with van der Waals surface area (Å²) in [5, 5.41) is 2.90. The molecule has 0 aliphatic heterocycles. The molecule has 3 heteroatoms. The largest absolute Gasteiger partial charge is 0.481 e. The van der Waals surface area contributed by atoms with E-state index in [0.717, 1.165) is 37.1 Å². The topological polar surface area (TPSA) is 38.3 Å². The van der Waals surface area contributed by atoms with Gasteiger partial charge >= 0.3 is 0 Å². The number of unbranched alkanes of at least 4 members (excludes halogenated alkanes) is 2. The molecule has 1 unspecified atom stereocenters. The molecule has 1 rings (SSSR count). The first-order chi connectivity index (χ1) is 9.04. The van der Waals surface area contributed by atoms with Crippen molar-refractivity contribution >= 4 is 5.91 Å². The molecule has 0 heterocycles. The van der Waals surface area contributed by atoms with Crippen LogP contribution in [-0.4, -0.2) is 18.6 Å². The van der Waals surface area contributed by atoms with Gasteiger partial charge in [-0.1, -0.05) is 37.5 Å². The number of amides is 1. The Morgan fingerprint density at radius 3 is 2.68 bits per heavy atom. The second kappa shape index (κ2) is 7.82. The van der Waals surface area contributed by atoms with Crippen molar-refractivity contribution in [2.24, 2.45) is 0 Å². The fraction of sp³-hybridized carbons (Fsp3) is 0.562. The monoisotopic (exact) mass is 263 g/mol. The molecule has 0 aliphatic rings. The van der Waals surface area contributed by atoms with E-state index in [1.165, 1.54) is 5.56 Å². The van der Waals surface area contributed by atoms with Crippen LogP contribution in [0.5, 0.6) is 5.75 Å². The van der Waals surface area contributed by atoms with Gasteiger partial charge in [-0.2, -0.15) is 0 Å². The van der Waals surface area contributed by atoms with Crippen LogP contribution in [0, 0.1) is 13.8 Å². The smallest absolute Gasteiger partial charge is 0.260 e. The first kappa shape index (κ1) is 15.5. The van der Waals surface area contributed by atoms with Gasteiger partial charge in [-0.15, -0.1) is 0 Å². The van der Waals surface area contributed by atoms with Gasteiger partial charge < -0.3 is 10.1 Å². The predicted molar refractivity (Wildman–Crippen MR) is 78.5 cm³/mol. The lowest BCUT2D eigenvalue weighted by Crippen LogP contribution is -2.36. The van der Waals surface area contributed by atoms with Gasteiger partial charge in [0.2, 0.25) is 0 Å². The Morgan fingerprint density at radius 2 is 2.05 bits per heavy atom. The lowest BCUT2D eigenvalue weighted by molar-refractivity contribution is -0.127. The molecule has 3 nitrogen and oxygen atoms in total. The van der Waals surface area contributed by atoms with Crippen molar-refractivity contribution in [2.75, 3.05) is 6.54 Å². The van der Waals surface area contributed by atoms with Gasteiger partial charge in [0.1, 0.15) is 5.75 Å². The fourth-order valence-corrected chi connectivity index (χ4v) is 1.91. The molecule has 0 saturated heterocycles. The average Bonchev–Trinajstić information content (AvgIpc) is 2.37. The van der Waals surface area contributed by atoms with Crippen molar-refractivity contribution in [3.8, 4) is 5.75 Å². The minimum Gasteiger partial charge on any atom is -0.481 e. The van der Waals surface area contributed by atoms with Crippen molar-refractivity contribution in [2.45, 2.75) is 53.1 Å². The Balaban J connectivity index is 2.45. The lowest BCUT2D eigenvalue weighted by atomic mass is 10.1. The first-order valence-electron chi connectivity index (χ1n) is 7.06. The van der Waals surface area contributed by atoms with Crippen LogP contribution in [0.2, 0.25) is 0 Å². The van der Waals surface area contributed by atoms with Crippen LogP contribution >= 0.6 is 0 Å². The van der Waals surface area contributed by atoms with E-state index in [9.17, 15) is 4.79 Å². The zero-order valence-electron chi connectivity index (χ0n) is 12.5. The highest BCUT2D eigenvalue weighted by atomic mass is 16.5. The molecule has 106 valence electrons. The molecule has 0 aliphatic carbocycles. The van der Waals surface area contributed by atoms with E-state index >= 15 is 0 Å². The molecular weight excluding hydrogens is 238 g/mol. The van der Waals surface area contributed by atoms with E-state index in [4.69, 9.17) is 4.74 Å². The van der Waals surface area contributed by atoms with Gasteiger partial charge in [-0.3, -0.25) is 4.79 Å². The number of hydrogen-bond donors (Lipinski definition) is 1. The highest BCUT2D eigenvalue weighted by molar-refractivity contribution is 5.80. The summed E-state index contributed by atoms with van der Waals surface area (Å²) in [6, 6.07) is 5.97. The highest BCUT2D eigenvalue weighted by Gasteiger charge is 2.14. The van der Waals surface area contributed by atoms with Gasteiger partial charge in [0.25, 0.3) is 5.91 Å². The summed E-state index contributed by atoms with van der Waals surface area (Å²) in [5.41, 5.74) is 2.26. The molecule has 1 N–H and O–H groups in total. The maximum Gasteiger partial charge on any atom is 0.260 e. The summed E-state index contributed by atoms with van der Waals surface area (Å²) in [5.74, 6) is 0.734. The van der Waals surface area contributed by atoms with Crippen LogP contribution < -0.4 is 10.1 Å². The number of nitrogens with one attached hydrogen (secondary N) is 1. The Kier molecular flexibility index (Phi) is 6.40. The van der Waals surface area contributed by atoms with Gasteiger partial charge in [0.15, 0.2) is 6.10 Å². The van der Waals surface area contributed by atoms with Crippen LogP contribution in [0.4, 0.5) is 0 Å². The van der Waals surface area contributed by atoms with Crippen LogP contribution in [0.3, 0.4) is 0 Å². The molecular formula is C16H25NO2. The van der Waals surface area contributed by atoms with E-state index in [1.807, 2.05) is 26.0 Å². The number of ether oxygens (including phenoxy) is 1. The molecule has 0 aromatic heterocycles. The molecule has 1 amide bonds. The third-order valence-corrected chi connectivity index (χ3v) is 3.08. The summed E-state index contributed by atoms with van der Waals surface area (Å²) in [6.45, 7) is 8.70. The van der Waals surface area contributed by atoms with Crippen molar-refractivity contribution < 1.29 is 9.53 Å². The van der Waals surface area contributed by atoms with Crippen LogP contribution in [0.25, 0.3) is 0 Å². The van der Waals surface area contributed by atoms with Crippen molar-refractivity contribution in [3.05, 3.63) is 29.3 Å². The van der Waals surface area contributed by atoms with Crippen LogP contribution in [0.15, 0.2) is 18.2 Å². The van der Waals surface area contributed by atoms with E-state index in [-0.39, 0.29) is 5.91 Å². The lowest BCUT2D eigenvalue weighted by Gasteiger charge is -2.16. The average molecular weight is 263 g/mol. The number of carbonyl (C=O) groups is 1. The summed E-state index contributed by atoms with van der Waals surface area (Å²) in [7, 11) is 0. The van der Waals surface area contributed by atoms with Gasteiger partial charge in [-0.05, 0) is 38.8 Å². The molecule has 1 atom stereocenters. The van der Waals surface area contributed by atoms with E-state index < -0.39 is 6.10 Å². The van der Waals surface area contributed by atoms with Gasteiger partial charge in [-0.25, -0.2) is 0 Å². The Labute approximate surface area is 116 Å². The second-order valence-corrected chi connectivity index (χ2v) is 5.03. The highest BCUT2D eigenvalue weighted by Crippen LogP contribution is 2.19. The second-order valence-electron chi connectivity index (χ2n) is 5.03. The third-order valence-electron chi connectivity index (χ3n) is 3.08. The summed E-state index contributed by atoms with van der Waals surface area (Å²) < 4.78 is 5.71. The van der Waals surface area contributed by atoms with E-state index in [0.29, 0.717) is 0 Å². The minimum atomic E-state index is -0.456. The quantitative estimate of drug-likeness (QED) is 0.766. The normalized spacial score (nSPS) is 12.0. The number of hydrogen-bond acceptors (Lipinski definition) is 2. The van der Waals surface area contributed by atoms with Gasteiger partial charge in [0, 0.05) is 6.54 Å². The summed E-state index contributed by atoms with van der Waals surface area (Å²) in [6.07, 6.45) is 2.87. The van der Waals surface area contributed by atoms with Crippen molar-refractivity contribution in [3.63, 3.8) is 0 Å². The Morgan fingerprint density at radius 1 is 1.32 bits per heavy atom. The number of aryl methyl sites for hydroxylation is 2. The summed E-state index contributed by atoms with van der Waals surface area (Å²) in [4.78, 5) is 11.9. The minimum absolute atomic E-state index is 0.0453. The standard InChI is InChI=1S/C16H25NO2/c1-5-6-7-10-17-16(18)14(4)19-15-9-8-12(2)11-13(15)3/h8-9,11,14H,5-7,10H2,1-4H3,(H,17,18). The molecule has 1 aromatic rings. The molecule has 1 aromatic carbocycles. The molecule has 19 heavy (non-hydrogen) atoms. The predicted octanol–water partition coefficient (Wildman–Crippen LogP) is 3.38. The molecule has 0 spiro atoms. The first-order valence-corrected chi connectivity index (χ1v) is 7.06. The molecule has 0 saturated carbocycles. The Bertz CT molecular complexity index is 415. The maximum absolute atomic E-state index is 11.9. The molecule has 0 radical (unpaired) electrons. The molecule has 0 fully saturated rings. The number of benzene rings is 1. The van der Waals surface area contributed by atoms with Gasteiger partial charge in [0.05, 0.1) is 0 Å². The number of rotatable bonds is 7. The maximum atomic E-state index is 11.9. The van der Waals surface area contributed by atoms with Crippen molar-refractivity contribution in [1.29, 1.82) is 0 Å². The SMILES string of the molecule is CCCCCNC(=O)C(C)Oc1ccc(C)cc1C. The molecule has 0 bridgehead atoms. The summed E-state index contributed by atoms with van der Waals surface area (Å²) >= 11 is 0. The van der Waals surface area contributed by atoms with E-state index in [2.05, 4.69) is 18.3 Å². The van der Waals surface area contributed by atoms with E-state index in [1.54, 1.807) is 6.92 Å². The van der Waals surface area contributed by atoms with Crippen molar-refractivity contribution in [1.82, 2.24) is 5.32 Å². The van der Waals surface area contributed by atoms with Crippen LogP contribution in [-0.2, 0) is 4.79 Å². The fourth-order valence-electron chi connectivity index (χ4n) is 1.91. The van der Waals surface area contributed by atoms with Crippen LogP contribution in [0.1, 0.15) is 44.2 Å².